The molecule has 108 valence electrons. The minimum atomic E-state index is 0.519. The van der Waals surface area contributed by atoms with E-state index >= 15 is 0 Å². The van der Waals surface area contributed by atoms with Crippen molar-refractivity contribution in [2.75, 3.05) is 27.2 Å². The lowest BCUT2D eigenvalue weighted by atomic mass is 10.1. The number of nitrogens with zero attached hydrogens (tertiary/aromatic N) is 3. The van der Waals surface area contributed by atoms with Crippen molar-refractivity contribution in [1.29, 1.82) is 0 Å². The van der Waals surface area contributed by atoms with Crippen LogP contribution < -0.4 is 5.32 Å². The Kier molecular flexibility index (Phi) is 5.40. The number of nitrogens with one attached hydrogen (secondary N) is 1. The molecule has 0 saturated heterocycles. The Hall–Kier alpha value is -0.870. The lowest BCUT2D eigenvalue weighted by molar-refractivity contribution is 0.369. The lowest BCUT2D eigenvalue weighted by Crippen LogP contribution is -2.23. The fourth-order valence-electron chi connectivity index (χ4n) is 2.80. The zero-order valence-corrected chi connectivity index (χ0v) is 12.7. The summed E-state index contributed by atoms with van der Waals surface area (Å²) >= 11 is 0. The first-order chi connectivity index (χ1) is 9.22. The smallest absolute Gasteiger partial charge is 0.0540 e. The third kappa shape index (κ3) is 3.80. The molecule has 1 aliphatic carbocycles. The molecular formula is C15H28N4. The molecule has 0 saturated carbocycles. The molecule has 1 atom stereocenters. The Morgan fingerprint density at radius 3 is 3.00 bits per heavy atom. The summed E-state index contributed by atoms with van der Waals surface area (Å²) in [5.74, 6) is 0. The van der Waals surface area contributed by atoms with E-state index in [1.54, 1.807) is 0 Å². The molecule has 0 aromatic carbocycles. The Balaban J connectivity index is 2.11. The Morgan fingerprint density at radius 1 is 1.42 bits per heavy atom. The van der Waals surface area contributed by atoms with Gasteiger partial charge in [-0.05, 0) is 46.3 Å². The predicted molar refractivity (Wildman–Crippen MR) is 79.4 cm³/mol. The number of fused-ring (bicyclic) bond motifs is 1. The molecule has 1 aromatic rings. The van der Waals surface area contributed by atoms with Crippen LogP contribution in [-0.2, 0) is 13.0 Å². The first-order valence-electron chi connectivity index (χ1n) is 7.65. The van der Waals surface area contributed by atoms with Crippen LogP contribution in [0.5, 0.6) is 0 Å². The SMILES string of the molecule is CCCNC1CCCCc2c1cnn2CCN(C)C. The third-order valence-electron chi connectivity index (χ3n) is 3.91. The van der Waals surface area contributed by atoms with Crippen molar-refractivity contribution < 1.29 is 0 Å². The number of likely N-dealkylation sites (N-methyl/N-ethyl adjacent to an activating group) is 1. The molecule has 1 heterocycles. The van der Waals surface area contributed by atoms with Gasteiger partial charge in [0.25, 0.3) is 0 Å². The van der Waals surface area contributed by atoms with Crippen molar-refractivity contribution in [3.05, 3.63) is 17.5 Å². The summed E-state index contributed by atoms with van der Waals surface area (Å²) in [6.45, 7) is 5.39. The van der Waals surface area contributed by atoms with Gasteiger partial charge in [0.2, 0.25) is 0 Å². The molecule has 4 heteroatoms. The molecule has 1 aromatic heterocycles. The van der Waals surface area contributed by atoms with Gasteiger partial charge in [-0.1, -0.05) is 13.3 Å². The fourth-order valence-corrected chi connectivity index (χ4v) is 2.80. The minimum absolute atomic E-state index is 0.519. The maximum Gasteiger partial charge on any atom is 0.0540 e. The topological polar surface area (TPSA) is 33.1 Å². The van der Waals surface area contributed by atoms with Crippen LogP contribution in [0.1, 0.15) is 49.9 Å². The van der Waals surface area contributed by atoms with E-state index in [2.05, 4.69) is 47.2 Å². The second-order valence-electron chi connectivity index (χ2n) is 5.83. The van der Waals surface area contributed by atoms with E-state index in [9.17, 15) is 0 Å². The van der Waals surface area contributed by atoms with Crippen LogP contribution in [0.15, 0.2) is 6.20 Å². The first kappa shape index (κ1) is 14.5. The van der Waals surface area contributed by atoms with Crippen LogP contribution in [0, 0.1) is 0 Å². The number of hydrogen-bond acceptors (Lipinski definition) is 3. The summed E-state index contributed by atoms with van der Waals surface area (Å²) in [6, 6.07) is 0.519. The summed E-state index contributed by atoms with van der Waals surface area (Å²) in [5, 5.41) is 8.30. The van der Waals surface area contributed by atoms with E-state index in [0.717, 1.165) is 19.6 Å². The van der Waals surface area contributed by atoms with Gasteiger partial charge >= 0.3 is 0 Å². The molecule has 19 heavy (non-hydrogen) atoms. The van der Waals surface area contributed by atoms with Gasteiger partial charge in [0.15, 0.2) is 0 Å². The van der Waals surface area contributed by atoms with E-state index in [0.29, 0.717) is 6.04 Å². The second-order valence-corrected chi connectivity index (χ2v) is 5.83. The summed E-state index contributed by atoms with van der Waals surface area (Å²) in [5.41, 5.74) is 2.91. The van der Waals surface area contributed by atoms with Gasteiger partial charge in [0, 0.05) is 23.8 Å². The van der Waals surface area contributed by atoms with Gasteiger partial charge in [-0.25, -0.2) is 0 Å². The average Bonchev–Trinajstić information content (AvgIpc) is 2.68. The maximum atomic E-state index is 4.62. The highest BCUT2D eigenvalue weighted by Crippen LogP contribution is 2.28. The van der Waals surface area contributed by atoms with Crippen molar-refractivity contribution in [2.45, 2.75) is 51.6 Å². The maximum absolute atomic E-state index is 4.62. The van der Waals surface area contributed by atoms with Crippen LogP contribution in [0.25, 0.3) is 0 Å². The molecule has 1 aliphatic rings. The second kappa shape index (κ2) is 7.06. The molecule has 0 fully saturated rings. The molecule has 0 amide bonds. The Morgan fingerprint density at radius 2 is 2.26 bits per heavy atom. The summed E-state index contributed by atoms with van der Waals surface area (Å²) in [4.78, 5) is 2.22. The molecule has 0 bridgehead atoms. The van der Waals surface area contributed by atoms with Gasteiger partial charge in [0.1, 0.15) is 0 Å². The van der Waals surface area contributed by atoms with Gasteiger partial charge in [0.05, 0.1) is 12.7 Å². The summed E-state index contributed by atoms with van der Waals surface area (Å²) < 4.78 is 2.22. The Bertz CT molecular complexity index is 383. The van der Waals surface area contributed by atoms with Gasteiger partial charge in [-0.2, -0.15) is 5.10 Å². The number of rotatable bonds is 6. The third-order valence-corrected chi connectivity index (χ3v) is 3.91. The molecule has 4 nitrogen and oxygen atoms in total. The van der Waals surface area contributed by atoms with Gasteiger partial charge in [-0.3, -0.25) is 4.68 Å². The lowest BCUT2D eigenvalue weighted by Gasteiger charge is -2.17. The zero-order chi connectivity index (χ0) is 13.7. The molecule has 0 spiro atoms. The highest BCUT2D eigenvalue weighted by atomic mass is 15.3. The van der Waals surface area contributed by atoms with Crippen LogP contribution in [0.3, 0.4) is 0 Å². The van der Waals surface area contributed by atoms with Crippen LogP contribution >= 0.6 is 0 Å². The number of aromatic nitrogens is 2. The quantitative estimate of drug-likeness (QED) is 0.800. The van der Waals surface area contributed by atoms with Gasteiger partial charge < -0.3 is 10.2 Å². The monoisotopic (exact) mass is 264 g/mol. The van der Waals surface area contributed by atoms with E-state index in [1.807, 2.05) is 0 Å². The first-order valence-corrected chi connectivity index (χ1v) is 7.65. The predicted octanol–water partition coefficient (Wildman–Crippen LogP) is 2.21. The summed E-state index contributed by atoms with van der Waals surface area (Å²) in [6.07, 6.45) is 8.36. The van der Waals surface area contributed by atoms with Gasteiger partial charge in [-0.15, -0.1) is 0 Å². The van der Waals surface area contributed by atoms with Crippen molar-refractivity contribution in [2.24, 2.45) is 0 Å². The zero-order valence-electron chi connectivity index (χ0n) is 12.7. The van der Waals surface area contributed by atoms with E-state index < -0.39 is 0 Å². The van der Waals surface area contributed by atoms with Crippen molar-refractivity contribution in [1.82, 2.24) is 20.0 Å². The van der Waals surface area contributed by atoms with Crippen LogP contribution in [0.2, 0.25) is 0 Å². The van der Waals surface area contributed by atoms with E-state index in [4.69, 9.17) is 0 Å². The van der Waals surface area contributed by atoms with Crippen molar-refractivity contribution >= 4 is 0 Å². The van der Waals surface area contributed by atoms with E-state index in [-0.39, 0.29) is 0 Å². The standard InChI is InChI=1S/C15H28N4/c1-4-9-16-14-7-5-6-8-15-13(14)12-17-19(15)11-10-18(2)3/h12,14,16H,4-11H2,1-3H3. The summed E-state index contributed by atoms with van der Waals surface area (Å²) in [7, 11) is 4.24. The molecule has 1 unspecified atom stereocenters. The van der Waals surface area contributed by atoms with E-state index in [1.165, 1.54) is 43.4 Å². The Labute approximate surface area is 117 Å². The number of hydrogen-bond donors (Lipinski definition) is 1. The highest BCUT2D eigenvalue weighted by Gasteiger charge is 2.21. The molecule has 2 rings (SSSR count). The fraction of sp³-hybridized carbons (Fsp3) is 0.800. The molecular weight excluding hydrogens is 236 g/mol. The molecule has 1 N–H and O–H groups in total. The molecule has 0 aliphatic heterocycles. The largest absolute Gasteiger partial charge is 0.310 e. The van der Waals surface area contributed by atoms with Crippen LogP contribution in [-0.4, -0.2) is 41.9 Å². The highest BCUT2D eigenvalue weighted by molar-refractivity contribution is 5.23. The average molecular weight is 264 g/mol. The van der Waals surface area contributed by atoms with Crippen molar-refractivity contribution in [3.63, 3.8) is 0 Å². The van der Waals surface area contributed by atoms with Crippen LogP contribution in [0.4, 0.5) is 0 Å². The molecule has 0 radical (unpaired) electrons. The normalized spacial score (nSPS) is 19.5. The minimum Gasteiger partial charge on any atom is -0.310 e. The van der Waals surface area contributed by atoms with Crippen molar-refractivity contribution in [3.8, 4) is 0 Å².